The van der Waals surface area contributed by atoms with Gasteiger partial charge in [-0.25, -0.2) is 9.78 Å². The van der Waals surface area contributed by atoms with Crippen molar-refractivity contribution in [3.05, 3.63) is 33.8 Å². The van der Waals surface area contributed by atoms with Crippen LogP contribution >= 0.6 is 11.3 Å². The maximum Gasteiger partial charge on any atom is 0.331 e. The van der Waals surface area contributed by atoms with Crippen LogP contribution in [0.2, 0.25) is 0 Å². The average molecular weight is 506 g/mol. The first-order chi connectivity index (χ1) is 16.4. The number of ketones is 1. The Hall–Kier alpha value is -1.87. The number of aliphatic hydroxyl groups excluding tert-OH is 2. The highest BCUT2D eigenvalue weighted by Gasteiger charge is 2.52. The molecule has 3 heterocycles. The van der Waals surface area contributed by atoms with Crippen molar-refractivity contribution in [2.45, 2.75) is 97.7 Å². The van der Waals surface area contributed by atoms with Gasteiger partial charge < -0.3 is 19.7 Å². The summed E-state index contributed by atoms with van der Waals surface area (Å²) in [5.41, 5.74) is 0.330. The third kappa shape index (κ3) is 6.88. The lowest BCUT2D eigenvalue weighted by Gasteiger charge is -2.30. The number of rotatable bonds is 3. The van der Waals surface area contributed by atoms with Gasteiger partial charge in [-0.3, -0.25) is 4.79 Å². The van der Waals surface area contributed by atoms with E-state index in [0.29, 0.717) is 17.1 Å². The van der Waals surface area contributed by atoms with Gasteiger partial charge in [-0.1, -0.05) is 26.3 Å². The summed E-state index contributed by atoms with van der Waals surface area (Å²) in [4.78, 5) is 30.3. The number of thiazole rings is 1. The lowest BCUT2D eigenvalue weighted by Crippen LogP contribution is -2.38. The van der Waals surface area contributed by atoms with Crippen LogP contribution in [-0.4, -0.2) is 50.9 Å². The minimum absolute atomic E-state index is 0.0211. The molecule has 0 spiro atoms. The third-order valence-corrected chi connectivity index (χ3v) is 8.27. The molecule has 2 unspecified atom stereocenters. The van der Waals surface area contributed by atoms with Crippen molar-refractivity contribution in [1.29, 1.82) is 0 Å². The van der Waals surface area contributed by atoms with Gasteiger partial charge in [0.15, 0.2) is 0 Å². The lowest BCUT2D eigenvalue weighted by molar-refractivity contribution is -0.141. The van der Waals surface area contributed by atoms with Gasteiger partial charge in [-0.2, -0.15) is 0 Å². The van der Waals surface area contributed by atoms with Crippen LogP contribution in [0.5, 0.6) is 0 Å². The number of aliphatic hydroxyl groups is 2. The smallest absolute Gasteiger partial charge is 0.331 e. The van der Waals surface area contributed by atoms with Crippen LogP contribution in [0.15, 0.2) is 23.1 Å². The fraction of sp³-hybridized carbons (Fsp3) is 0.667. The highest BCUT2D eigenvalue weighted by atomic mass is 32.1. The molecule has 0 bridgehead atoms. The van der Waals surface area contributed by atoms with E-state index in [1.54, 1.807) is 26.8 Å². The van der Waals surface area contributed by atoms with Gasteiger partial charge in [0.25, 0.3) is 0 Å². The SMILES string of the molecule is C/C(=C\c1csc(CO)n1)C1CC2O[C@]2(C)CCC[C@H](C)[C@H](O)[C@@H](C)C(=O)C(C)(C)/C=C/C(=O)O1. The molecule has 0 radical (unpaired) electrons. The Bertz CT molecular complexity index is 982. The van der Waals surface area contributed by atoms with E-state index in [-0.39, 0.29) is 30.0 Å². The maximum absolute atomic E-state index is 13.1. The van der Waals surface area contributed by atoms with Crippen LogP contribution in [-0.2, 0) is 25.7 Å². The minimum atomic E-state index is -0.921. The number of carbonyl (C=O) groups is 2. The molecule has 1 aromatic heterocycles. The Balaban J connectivity index is 1.86. The first-order valence-corrected chi connectivity index (χ1v) is 13.3. The molecule has 1 fully saturated rings. The standard InChI is InChI=1S/C27H39NO6S/c1-16-8-7-10-27(6)21(34-27)13-20(17(2)12-19-15-35-22(14-29)28-19)33-23(30)9-11-26(4,5)25(32)18(3)24(16)31/h9,11-12,15-16,18,20-21,24,29,31H,7-8,10,13-14H2,1-6H3/b11-9+,17-12+/t16-,18+,20?,21?,24-,27+/m0/s1. The number of fused-ring (bicyclic) bond motifs is 1. The number of aromatic nitrogens is 1. The maximum atomic E-state index is 13.1. The molecule has 35 heavy (non-hydrogen) atoms. The van der Waals surface area contributed by atoms with Crippen molar-refractivity contribution in [2.24, 2.45) is 17.3 Å². The number of esters is 1. The number of hydrogen-bond acceptors (Lipinski definition) is 8. The second-order valence-corrected chi connectivity index (χ2v) is 11.8. The Morgan fingerprint density at radius 3 is 2.66 bits per heavy atom. The van der Waals surface area contributed by atoms with E-state index in [2.05, 4.69) is 11.9 Å². The largest absolute Gasteiger partial charge is 0.455 e. The van der Waals surface area contributed by atoms with Crippen LogP contribution in [0, 0.1) is 17.3 Å². The molecule has 0 aliphatic carbocycles. The molecule has 1 saturated heterocycles. The number of hydrogen-bond donors (Lipinski definition) is 2. The molecule has 3 rings (SSSR count). The van der Waals surface area contributed by atoms with Crippen molar-refractivity contribution in [2.75, 3.05) is 0 Å². The van der Waals surface area contributed by atoms with Crippen LogP contribution < -0.4 is 0 Å². The quantitative estimate of drug-likeness (QED) is 0.461. The summed E-state index contributed by atoms with van der Waals surface area (Å²) in [5, 5.41) is 22.6. The number of epoxide rings is 1. The zero-order chi connectivity index (χ0) is 26.0. The molecule has 0 amide bonds. The number of allylic oxidation sites excluding steroid dienone is 1. The summed E-state index contributed by atoms with van der Waals surface area (Å²) >= 11 is 1.37. The molecule has 8 heteroatoms. The molecule has 2 aliphatic heterocycles. The minimum Gasteiger partial charge on any atom is -0.455 e. The van der Waals surface area contributed by atoms with Gasteiger partial charge in [0, 0.05) is 29.2 Å². The number of nitrogens with zero attached hydrogens (tertiary/aromatic N) is 1. The number of cyclic esters (lactones) is 1. The number of carbonyl (C=O) groups excluding carboxylic acids is 2. The van der Waals surface area contributed by atoms with Gasteiger partial charge in [0.1, 0.15) is 16.9 Å². The zero-order valence-electron chi connectivity index (χ0n) is 21.6. The number of Topliss-reactive ketones (excluding diaryl/α,β-unsaturated/α-hetero) is 1. The van der Waals surface area contributed by atoms with Gasteiger partial charge in [-0.05, 0) is 58.1 Å². The van der Waals surface area contributed by atoms with Gasteiger partial charge in [0.05, 0.1) is 30.1 Å². The molecule has 0 aromatic carbocycles. The Morgan fingerprint density at radius 2 is 2.00 bits per heavy atom. The van der Waals surface area contributed by atoms with E-state index in [9.17, 15) is 19.8 Å². The Morgan fingerprint density at radius 1 is 1.29 bits per heavy atom. The highest BCUT2D eigenvalue weighted by molar-refractivity contribution is 7.09. The first kappa shape index (κ1) is 27.7. The van der Waals surface area contributed by atoms with E-state index in [4.69, 9.17) is 9.47 Å². The Labute approximate surface area is 212 Å². The van der Waals surface area contributed by atoms with E-state index in [1.807, 2.05) is 25.3 Å². The second-order valence-electron chi connectivity index (χ2n) is 10.9. The molecular formula is C27H39NO6S. The van der Waals surface area contributed by atoms with Gasteiger partial charge >= 0.3 is 5.97 Å². The molecule has 7 nitrogen and oxygen atoms in total. The van der Waals surface area contributed by atoms with Gasteiger partial charge in [-0.15, -0.1) is 11.3 Å². The summed E-state index contributed by atoms with van der Waals surface area (Å²) in [6.45, 7) is 11.1. The van der Waals surface area contributed by atoms with E-state index in [0.717, 1.165) is 24.8 Å². The van der Waals surface area contributed by atoms with Crippen LogP contribution in [0.4, 0.5) is 0 Å². The second kappa shape index (κ2) is 11.0. The summed E-state index contributed by atoms with van der Waals surface area (Å²) in [7, 11) is 0. The summed E-state index contributed by atoms with van der Waals surface area (Å²) < 4.78 is 11.9. The Kier molecular flexibility index (Phi) is 8.73. The first-order valence-electron chi connectivity index (χ1n) is 12.4. The summed E-state index contributed by atoms with van der Waals surface area (Å²) in [6, 6.07) is 0. The summed E-state index contributed by atoms with van der Waals surface area (Å²) in [5.74, 6) is -1.21. The van der Waals surface area contributed by atoms with E-state index >= 15 is 0 Å². The van der Waals surface area contributed by atoms with Crippen LogP contribution in [0.25, 0.3) is 6.08 Å². The van der Waals surface area contributed by atoms with Crippen molar-refractivity contribution in [1.82, 2.24) is 4.98 Å². The molecule has 0 saturated carbocycles. The van der Waals surface area contributed by atoms with Gasteiger partial charge in [0.2, 0.25) is 0 Å². The van der Waals surface area contributed by atoms with Crippen LogP contribution in [0.3, 0.4) is 0 Å². The predicted molar refractivity (Wildman–Crippen MR) is 136 cm³/mol. The number of ether oxygens (including phenoxy) is 2. The lowest BCUT2D eigenvalue weighted by atomic mass is 9.76. The molecular weight excluding hydrogens is 466 g/mol. The topological polar surface area (TPSA) is 109 Å². The van der Waals surface area contributed by atoms with Crippen molar-refractivity contribution >= 4 is 29.2 Å². The van der Waals surface area contributed by atoms with Crippen molar-refractivity contribution < 1.29 is 29.3 Å². The fourth-order valence-corrected chi connectivity index (χ4v) is 5.45. The third-order valence-electron chi connectivity index (χ3n) is 7.42. The molecule has 6 atom stereocenters. The van der Waals surface area contributed by atoms with Crippen molar-refractivity contribution in [3.63, 3.8) is 0 Å². The summed E-state index contributed by atoms with van der Waals surface area (Å²) in [6.07, 6.45) is 6.48. The zero-order valence-corrected chi connectivity index (χ0v) is 22.4. The average Bonchev–Trinajstić information content (AvgIpc) is 3.22. The molecule has 194 valence electrons. The molecule has 2 aliphatic rings. The monoisotopic (exact) mass is 505 g/mol. The molecule has 1 aromatic rings. The van der Waals surface area contributed by atoms with Crippen LogP contribution in [0.1, 0.15) is 77.9 Å². The predicted octanol–water partition coefficient (Wildman–Crippen LogP) is 4.47. The normalized spacial score (nSPS) is 35.8. The highest BCUT2D eigenvalue weighted by Crippen LogP contribution is 2.45. The fourth-order valence-electron chi connectivity index (χ4n) is 4.84. The molecule has 2 N–H and O–H groups in total. The van der Waals surface area contributed by atoms with E-state index in [1.165, 1.54) is 17.4 Å². The van der Waals surface area contributed by atoms with Crippen molar-refractivity contribution in [3.8, 4) is 0 Å². The van der Waals surface area contributed by atoms with E-state index < -0.39 is 29.5 Å².